The topological polar surface area (TPSA) is 41.6 Å². The Labute approximate surface area is 187 Å². The second-order valence-corrected chi connectivity index (χ2v) is 7.96. The number of amides is 1. The van der Waals surface area contributed by atoms with Crippen LogP contribution in [0.3, 0.4) is 0 Å². The van der Waals surface area contributed by atoms with Crippen molar-refractivity contribution in [1.82, 2.24) is 10.2 Å². The first-order valence-electron chi connectivity index (χ1n) is 11.0. The van der Waals surface area contributed by atoms with Crippen LogP contribution in [0.5, 0.6) is 5.75 Å². The number of carbonyl (C=O) groups is 1. The second kappa shape index (κ2) is 12.6. The van der Waals surface area contributed by atoms with Crippen LogP contribution in [-0.2, 0) is 0 Å². The highest BCUT2D eigenvalue weighted by Gasteiger charge is 2.23. The van der Waals surface area contributed by atoms with Crippen molar-refractivity contribution in [3.8, 4) is 5.75 Å². The van der Waals surface area contributed by atoms with E-state index in [9.17, 15) is 4.79 Å². The zero-order valence-corrected chi connectivity index (χ0v) is 19.0. The van der Waals surface area contributed by atoms with E-state index in [1.807, 2.05) is 24.3 Å². The van der Waals surface area contributed by atoms with Crippen molar-refractivity contribution in [2.45, 2.75) is 52.0 Å². The molecule has 0 bridgehead atoms. The molecule has 1 atom stereocenters. The molecule has 0 radical (unpaired) electrons. The molecule has 1 saturated heterocycles. The van der Waals surface area contributed by atoms with Gasteiger partial charge in [0.1, 0.15) is 5.75 Å². The van der Waals surface area contributed by atoms with Gasteiger partial charge in [-0.3, -0.25) is 9.69 Å². The Morgan fingerprint density at radius 2 is 1.83 bits per heavy atom. The number of hydrogen-bond donors (Lipinski definition) is 1. The molecule has 2 aromatic carbocycles. The third-order valence-corrected chi connectivity index (χ3v) is 5.61. The maximum atomic E-state index is 12.8. The molecule has 1 unspecified atom stereocenters. The Balaban J connectivity index is 0.00000320. The number of carbonyl (C=O) groups excluding carboxylic acids is 1. The third-order valence-electron chi connectivity index (χ3n) is 5.61. The van der Waals surface area contributed by atoms with Crippen LogP contribution in [0.25, 0.3) is 0 Å². The predicted octanol–water partition coefficient (Wildman–Crippen LogP) is 5.55. The highest BCUT2D eigenvalue weighted by molar-refractivity contribution is 5.94. The van der Waals surface area contributed by atoms with Crippen LogP contribution >= 0.6 is 12.4 Å². The van der Waals surface area contributed by atoms with Crippen LogP contribution in [0.15, 0.2) is 48.5 Å². The van der Waals surface area contributed by atoms with Gasteiger partial charge in [0.05, 0.1) is 12.6 Å². The van der Waals surface area contributed by atoms with Crippen LogP contribution in [-0.4, -0.2) is 37.0 Å². The number of unbranched alkanes of at least 4 members (excludes halogenated alkanes) is 1. The first-order chi connectivity index (χ1) is 14.2. The fourth-order valence-corrected chi connectivity index (χ4v) is 3.83. The van der Waals surface area contributed by atoms with Gasteiger partial charge in [0.15, 0.2) is 0 Å². The number of hydrogen-bond acceptors (Lipinski definition) is 3. The number of piperidine rings is 1. The standard InChI is InChI=1S/C25H34N2O2.ClH/c1-3-4-17-29-23-10-8-9-22(18-23)25(28)26-19-24(27-15-6-5-7-16-27)21-13-11-20(2)12-14-21;/h8-14,18,24H,3-7,15-17,19H2,1-2H3,(H,26,28);1H. The summed E-state index contributed by atoms with van der Waals surface area (Å²) in [5, 5.41) is 3.17. The van der Waals surface area contributed by atoms with E-state index in [-0.39, 0.29) is 24.4 Å². The SMILES string of the molecule is CCCCOc1cccc(C(=O)NCC(c2ccc(C)cc2)N2CCCCC2)c1.Cl. The van der Waals surface area contributed by atoms with Crippen molar-refractivity contribution < 1.29 is 9.53 Å². The predicted molar refractivity (Wildman–Crippen MR) is 126 cm³/mol. The maximum Gasteiger partial charge on any atom is 0.251 e. The van der Waals surface area contributed by atoms with Crippen molar-refractivity contribution in [2.75, 3.05) is 26.2 Å². The van der Waals surface area contributed by atoms with Crippen molar-refractivity contribution in [2.24, 2.45) is 0 Å². The van der Waals surface area contributed by atoms with Gasteiger partial charge in [-0.1, -0.05) is 55.7 Å². The average Bonchev–Trinajstić information content (AvgIpc) is 2.76. The summed E-state index contributed by atoms with van der Waals surface area (Å²) in [6.07, 6.45) is 5.87. The largest absolute Gasteiger partial charge is 0.494 e. The summed E-state index contributed by atoms with van der Waals surface area (Å²) in [5.41, 5.74) is 3.19. The highest BCUT2D eigenvalue weighted by Crippen LogP contribution is 2.25. The maximum absolute atomic E-state index is 12.8. The lowest BCUT2D eigenvalue weighted by molar-refractivity contribution is 0.0924. The van der Waals surface area contributed by atoms with Gasteiger partial charge in [-0.2, -0.15) is 0 Å². The van der Waals surface area contributed by atoms with E-state index in [4.69, 9.17) is 4.74 Å². The molecule has 1 aliphatic heterocycles. The number of nitrogens with one attached hydrogen (secondary N) is 1. The summed E-state index contributed by atoms with van der Waals surface area (Å²) in [5.74, 6) is 0.720. The molecule has 1 fully saturated rings. The third kappa shape index (κ3) is 7.03. The molecule has 3 rings (SSSR count). The van der Waals surface area contributed by atoms with Gasteiger partial charge in [0, 0.05) is 12.1 Å². The minimum absolute atomic E-state index is 0. The summed E-state index contributed by atoms with van der Waals surface area (Å²) >= 11 is 0. The quantitative estimate of drug-likeness (QED) is 0.530. The van der Waals surface area contributed by atoms with E-state index >= 15 is 0 Å². The number of likely N-dealkylation sites (tertiary alicyclic amines) is 1. The van der Waals surface area contributed by atoms with Gasteiger partial charge < -0.3 is 10.1 Å². The molecule has 0 spiro atoms. The molecule has 0 aliphatic carbocycles. The number of rotatable bonds is 9. The molecule has 30 heavy (non-hydrogen) atoms. The summed E-state index contributed by atoms with van der Waals surface area (Å²) < 4.78 is 5.75. The molecule has 1 amide bonds. The Kier molecular flexibility index (Phi) is 10.2. The van der Waals surface area contributed by atoms with Crippen LogP contribution in [0, 0.1) is 6.92 Å². The molecule has 0 aromatic heterocycles. The normalized spacial score (nSPS) is 15.1. The van der Waals surface area contributed by atoms with Crippen LogP contribution in [0.1, 0.15) is 66.6 Å². The van der Waals surface area contributed by atoms with E-state index < -0.39 is 0 Å². The lowest BCUT2D eigenvalue weighted by Crippen LogP contribution is -2.40. The fourth-order valence-electron chi connectivity index (χ4n) is 3.83. The zero-order chi connectivity index (χ0) is 20.5. The van der Waals surface area contributed by atoms with Gasteiger partial charge >= 0.3 is 0 Å². The second-order valence-electron chi connectivity index (χ2n) is 7.96. The van der Waals surface area contributed by atoms with Crippen LogP contribution in [0.2, 0.25) is 0 Å². The summed E-state index contributed by atoms with van der Waals surface area (Å²) in [7, 11) is 0. The van der Waals surface area contributed by atoms with E-state index in [1.54, 1.807) is 0 Å². The molecule has 1 heterocycles. The average molecular weight is 431 g/mol. The number of ether oxygens (including phenoxy) is 1. The Bertz CT molecular complexity index is 773. The lowest BCUT2D eigenvalue weighted by atomic mass is 10.0. The lowest BCUT2D eigenvalue weighted by Gasteiger charge is -2.35. The van der Waals surface area contributed by atoms with Crippen molar-refractivity contribution in [3.63, 3.8) is 0 Å². The number of benzene rings is 2. The summed E-state index contributed by atoms with van der Waals surface area (Å²) in [4.78, 5) is 15.3. The first kappa shape index (κ1) is 24.2. The minimum Gasteiger partial charge on any atom is -0.494 e. The summed E-state index contributed by atoms with van der Waals surface area (Å²) in [6, 6.07) is 16.4. The Morgan fingerprint density at radius 1 is 1.10 bits per heavy atom. The van der Waals surface area contributed by atoms with E-state index in [0.717, 1.165) is 31.7 Å². The van der Waals surface area contributed by atoms with Crippen molar-refractivity contribution >= 4 is 18.3 Å². The highest BCUT2D eigenvalue weighted by atomic mass is 35.5. The van der Waals surface area contributed by atoms with Crippen molar-refractivity contribution in [1.29, 1.82) is 0 Å². The van der Waals surface area contributed by atoms with Crippen molar-refractivity contribution in [3.05, 3.63) is 65.2 Å². The summed E-state index contributed by atoms with van der Waals surface area (Å²) in [6.45, 7) is 7.73. The van der Waals surface area contributed by atoms with Gasteiger partial charge in [-0.05, 0) is 63.0 Å². The first-order valence-corrected chi connectivity index (χ1v) is 11.0. The number of halogens is 1. The van der Waals surface area contributed by atoms with Gasteiger partial charge in [0.2, 0.25) is 0 Å². The molecule has 5 heteroatoms. The monoisotopic (exact) mass is 430 g/mol. The van der Waals surface area contributed by atoms with E-state index in [0.29, 0.717) is 18.7 Å². The molecule has 0 saturated carbocycles. The number of nitrogens with zero attached hydrogens (tertiary/aromatic N) is 1. The van der Waals surface area contributed by atoms with Crippen LogP contribution < -0.4 is 10.1 Å². The molecule has 1 aliphatic rings. The molecule has 164 valence electrons. The van der Waals surface area contributed by atoms with Gasteiger partial charge in [0.25, 0.3) is 5.91 Å². The smallest absolute Gasteiger partial charge is 0.251 e. The zero-order valence-electron chi connectivity index (χ0n) is 18.2. The number of aryl methyl sites for hydroxylation is 1. The Hall–Kier alpha value is -2.04. The molecular weight excluding hydrogens is 396 g/mol. The molecule has 2 aromatic rings. The molecule has 4 nitrogen and oxygen atoms in total. The molecule has 1 N–H and O–H groups in total. The Morgan fingerprint density at radius 3 is 2.53 bits per heavy atom. The van der Waals surface area contributed by atoms with E-state index in [1.165, 1.54) is 30.4 Å². The van der Waals surface area contributed by atoms with Crippen LogP contribution in [0.4, 0.5) is 0 Å². The van der Waals surface area contributed by atoms with Gasteiger partial charge in [-0.25, -0.2) is 0 Å². The van der Waals surface area contributed by atoms with E-state index in [2.05, 4.69) is 48.3 Å². The molecular formula is C25H35ClN2O2. The van der Waals surface area contributed by atoms with Gasteiger partial charge in [-0.15, -0.1) is 12.4 Å². The fraction of sp³-hybridized carbons (Fsp3) is 0.480. The minimum atomic E-state index is -0.0416.